The highest BCUT2D eigenvalue weighted by atomic mass is 32.2. The van der Waals surface area contributed by atoms with E-state index in [2.05, 4.69) is 24.7 Å². The Balaban J connectivity index is 1.43. The van der Waals surface area contributed by atoms with Gasteiger partial charge in [-0.25, -0.2) is 4.98 Å². The van der Waals surface area contributed by atoms with Crippen molar-refractivity contribution in [2.45, 2.75) is 50.2 Å². The minimum atomic E-state index is -0.216. The van der Waals surface area contributed by atoms with E-state index < -0.39 is 0 Å². The van der Waals surface area contributed by atoms with Gasteiger partial charge in [-0.2, -0.15) is 0 Å². The maximum Gasteiger partial charge on any atom is 0.259 e. The Bertz CT molecular complexity index is 1330. The molecule has 11 heteroatoms. The SMILES string of the molecule is CC(=O)c1sc2nc(CSc3nnc(-c4cccs4)n3C[C@H]3CCCO3)[nH]c(=O)c2c1C. The van der Waals surface area contributed by atoms with Crippen molar-refractivity contribution in [1.29, 1.82) is 0 Å². The van der Waals surface area contributed by atoms with Crippen molar-refractivity contribution in [2.75, 3.05) is 6.61 Å². The molecule has 8 nitrogen and oxygen atoms in total. The van der Waals surface area contributed by atoms with Crippen LogP contribution >= 0.6 is 34.4 Å². The maximum atomic E-state index is 12.7. The molecule has 1 aliphatic heterocycles. The monoisotopic (exact) mass is 487 g/mol. The lowest BCUT2D eigenvalue weighted by atomic mass is 10.2. The number of thioether (sulfide) groups is 1. The minimum Gasteiger partial charge on any atom is -0.376 e. The molecule has 0 amide bonds. The Kier molecular flexibility index (Phi) is 5.97. The van der Waals surface area contributed by atoms with Crippen LogP contribution in [0.2, 0.25) is 0 Å². The number of aryl methyl sites for hydroxylation is 1. The van der Waals surface area contributed by atoms with Crippen LogP contribution < -0.4 is 5.56 Å². The molecule has 4 aromatic rings. The molecule has 1 fully saturated rings. The molecule has 0 aromatic carbocycles. The molecule has 0 spiro atoms. The first kappa shape index (κ1) is 21.5. The van der Waals surface area contributed by atoms with Crippen LogP contribution in [0.1, 0.15) is 40.8 Å². The van der Waals surface area contributed by atoms with Gasteiger partial charge in [0, 0.05) is 6.61 Å². The number of hydrogen-bond acceptors (Lipinski definition) is 9. The summed E-state index contributed by atoms with van der Waals surface area (Å²) in [6.07, 6.45) is 2.24. The minimum absolute atomic E-state index is 0.0517. The van der Waals surface area contributed by atoms with E-state index in [0.717, 1.165) is 35.3 Å². The van der Waals surface area contributed by atoms with Gasteiger partial charge < -0.3 is 9.72 Å². The van der Waals surface area contributed by atoms with Crippen molar-refractivity contribution in [2.24, 2.45) is 0 Å². The van der Waals surface area contributed by atoms with E-state index in [0.29, 0.717) is 38.8 Å². The highest BCUT2D eigenvalue weighted by molar-refractivity contribution is 7.98. The highest BCUT2D eigenvalue weighted by Crippen LogP contribution is 2.31. The van der Waals surface area contributed by atoms with Crippen LogP contribution in [0.3, 0.4) is 0 Å². The van der Waals surface area contributed by atoms with Gasteiger partial charge in [0.25, 0.3) is 5.56 Å². The Hall–Kier alpha value is -2.34. The van der Waals surface area contributed by atoms with Crippen molar-refractivity contribution in [3.05, 3.63) is 44.1 Å². The number of aromatic nitrogens is 5. The third-order valence-electron chi connectivity index (χ3n) is 5.38. The van der Waals surface area contributed by atoms with E-state index in [1.807, 2.05) is 17.5 Å². The lowest BCUT2D eigenvalue weighted by molar-refractivity contribution is 0.0953. The number of ketones is 1. The van der Waals surface area contributed by atoms with Crippen LogP contribution in [-0.4, -0.2) is 43.2 Å². The van der Waals surface area contributed by atoms with E-state index >= 15 is 0 Å². The Morgan fingerprint density at radius 1 is 1.41 bits per heavy atom. The quantitative estimate of drug-likeness (QED) is 0.306. The van der Waals surface area contributed by atoms with Crippen LogP contribution in [0.25, 0.3) is 20.9 Å². The Morgan fingerprint density at radius 3 is 3.00 bits per heavy atom. The molecule has 1 N–H and O–H groups in total. The van der Waals surface area contributed by atoms with E-state index in [4.69, 9.17) is 4.74 Å². The highest BCUT2D eigenvalue weighted by Gasteiger charge is 2.23. The van der Waals surface area contributed by atoms with Crippen LogP contribution in [0.5, 0.6) is 0 Å². The molecule has 32 heavy (non-hydrogen) atoms. The molecule has 4 aromatic heterocycles. The van der Waals surface area contributed by atoms with Crippen molar-refractivity contribution in [3.63, 3.8) is 0 Å². The predicted octanol–water partition coefficient (Wildman–Crippen LogP) is 4.29. The summed E-state index contributed by atoms with van der Waals surface area (Å²) in [5.41, 5.74) is 0.481. The standard InChI is InChI=1S/C21H21N5O3S3/c1-11-16-19(28)22-15(23-20(16)32-17(11)12(2)27)10-31-21-25-24-18(14-6-4-8-30-14)26(21)9-13-5-3-7-29-13/h4,6,8,13H,3,5,7,9-10H2,1-2H3,(H,22,23,28)/t13-/m1/s1. The number of ether oxygens (including phenoxy) is 1. The number of H-pyrrole nitrogens is 1. The smallest absolute Gasteiger partial charge is 0.259 e. The third kappa shape index (κ3) is 4.05. The van der Waals surface area contributed by atoms with Gasteiger partial charge in [0.15, 0.2) is 16.8 Å². The average molecular weight is 488 g/mol. The molecule has 0 aliphatic carbocycles. The van der Waals surface area contributed by atoms with E-state index in [1.54, 1.807) is 18.3 Å². The zero-order valence-corrected chi connectivity index (χ0v) is 20.0. The van der Waals surface area contributed by atoms with Crippen LogP contribution in [0.4, 0.5) is 0 Å². The number of thiophene rings is 2. The normalized spacial score (nSPS) is 16.2. The zero-order chi connectivity index (χ0) is 22.2. The lowest BCUT2D eigenvalue weighted by Crippen LogP contribution is -2.16. The fraction of sp³-hybridized carbons (Fsp3) is 0.381. The lowest BCUT2D eigenvalue weighted by Gasteiger charge is -2.14. The molecular formula is C21H21N5O3S3. The van der Waals surface area contributed by atoms with E-state index in [9.17, 15) is 9.59 Å². The molecular weight excluding hydrogens is 466 g/mol. The fourth-order valence-electron chi connectivity index (χ4n) is 3.87. The summed E-state index contributed by atoms with van der Waals surface area (Å²) in [6, 6.07) is 4.04. The first-order valence-electron chi connectivity index (χ1n) is 10.3. The summed E-state index contributed by atoms with van der Waals surface area (Å²) in [6.45, 7) is 4.78. The Labute approximate surface area is 196 Å². The van der Waals surface area contributed by atoms with Gasteiger partial charge in [0.05, 0.1) is 33.5 Å². The van der Waals surface area contributed by atoms with Crippen LogP contribution in [-0.2, 0) is 17.0 Å². The summed E-state index contributed by atoms with van der Waals surface area (Å²) in [5.74, 6) is 1.76. The second kappa shape index (κ2) is 8.89. The van der Waals surface area contributed by atoms with Gasteiger partial charge in [-0.05, 0) is 43.7 Å². The summed E-state index contributed by atoms with van der Waals surface area (Å²) in [4.78, 5) is 34.2. The number of nitrogens with one attached hydrogen (secondary N) is 1. The third-order valence-corrected chi connectivity index (χ3v) is 8.51. The number of fused-ring (bicyclic) bond motifs is 1. The first-order chi connectivity index (χ1) is 15.5. The van der Waals surface area contributed by atoms with Crippen LogP contribution in [0, 0.1) is 6.92 Å². The van der Waals surface area contributed by atoms with Gasteiger partial charge >= 0.3 is 0 Å². The van der Waals surface area contributed by atoms with Gasteiger partial charge in [0.2, 0.25) is 0 Å². The average Bonchev–Trinajstić information content (AvgIpc) is 3.54. The van der Waals surface area contributed by atoms with E-state index in [-0.39, 0.29) is 17.4 Å². The van der Waals surface area contributed by atoms with Crippen molar-refractivity contribution in [3.8, 4) is 10.7 Å². The number of carbonyl (C=O) groups excluding carboxylic acids is 1. The van der Waals surface area contributed by atoms with Crippen molar-refractivity contribution in [1.82, 2.24) is 24.7 Å². The molecule has 0 radical (unpaired) electrons. The molecule has 5 heterocycles. The van der Waals surface area contributed by atoms with Gasteiger partial charge in [-0.15, -0.1) is 32.9 Å². The van der Waals surface area contributed by atoms with Crippen LogP contribution in [0.15, 0.2) is 27.5 Å². The summed E-state index contributed by atoms with van der Waals surface area (Å²) in [5, 5.41) is 12.1. The first-order valence-corrected chi connectivity index (χ1v) is 12.9. The molecule has 1 aliphatic rings. The maximum absolute atomic E-state index is 12.7. The molecule has 0 unspecified atom stereocenters. The van der Waals surface area contributed by atoms with Gasteiger partial charge in [-0.3, -0.25) is 14.2 Å². The van der Waals surface area contributed by atoms with Gasteiger partial charge in [0.1, 0.15) is 10.7 Å². The van der Waals surface area contributed by atoms with Crippen molar-refractivity contribution < 1.29 is 9.53 Å². The molecule has 1 saturated heterocycles. The second-order valence-corrected chi connectivity index (χ2v) is 10.5. The number of Topliss-reactive ketones (excluding diaryl/α,β-unsaturated/α-hetero) is 1. The largest absolute Gasteiger partial charge is 0.376 e. The Morgan fingerprint density at radius 2 is 2.28 bits per heavy atom. The number of carbonyl (C=O) groups is 1. The fourth-order valence-corrected chi connectivity index (χ4v) is 6.50. The number of rotatable bonds is 7. The number of nitrogens with zero attached hydrogens (tertiary/aromatic N) is 4. The van der Waals surface area contributed by atoms with Crippen molar-refractivity contribution >= 4 is 50.4 Å². The molecule has 166 valence electrons. The summed E-state index contributed by atoms with van der Waals surface area (Å²) < 4.78 is 7.95. The van der Waals surface area contributed by atoms with E-state index in [1.165, 1.54) is 30.0 Å². The molecule has 5 rings (SSSR count). The summed E-state index contributed by atoms with van der Waals surface area (Å²) in [7, 11) is 0. The number of hydrogen-bond donors (Lipinski definition) is 1. The molecule has 0 saturated carbocycles. The number of aromatic amines is 1. The predicted molar refractivity (Wildman–Crippen MR) is 127 cm³/mol. The van der Waals surface area contributed by atoms with Gasteiger partial charge in [-0.1, -0.05) is 17.8 Å². The topological polar surface area (TPSA) is 103 Å². The molecule has 0 bridgehead atoms. The zero-order valence-electron chi connectivity index (χ0n) is 17.6. The molecule has 1 atom stereocenters. The second-order valence-electron chi connectivity index (χ2n) is 7.62. The summed E-state index contributed by atoms with van der Waals surface area (Å²) >= 11 is 4.38.